The number of hydrogen-bond donors (Lipinski definition) is 1. The fourth-order valence-electron chi connectivity index (χ4n) is 2.32. The summed E-state index contributed by atoms with van der Waals surface area (Å²) in [5.41, 5.74) is 3.15. The molecular formula is C18H21N5OS2. The minimum atomic E-state index is -0.312. The molecule has 1 atom stereocenters. The first kappa shape index (κ1) is 18.6. The molecule has 6 nitrogen and oxygen atoms in total. The zero-order valence-electron chi connectivity index (χ0n) is 15.4. The summed E-state index contributed by atoms with van der Waals surface area (Å²) < 4.78 is 1.91. The van der Waals surface area contributed by atoms with Crippen LogP contribution < -0.4 is 5.32 Å². The molecule has 0 aliphatic rings. The fraction of sp³-hybridized carbons (Fsp3) is 0.333. The molecule has 0 bridgehead atoms. The quantitative estimate of drug-likeness (QED) is 0.670. The zero-order chi connectivity index (χ0) is 18.8. The number of rotatable bonds is 5. The van der Waals surface area contributed by atoms with Crippen LogP contribution in [0.3, 0.4) is 0 Å². The van der Waals surface area contributed by atoms with Crippen molar-refractivity contribution in [1.29, 1.82) is 0 Å². The van der Waals surface area contributed by atoms with Crippen molar-refractivity contribution in [3.05, 3.63) is 40.4 Å². The van der Waals surface area contributed by atoms with E-state index in [9.17, 15) is 4.79 Å². The Balaban J connectivity index is 1.70. The van der Waals surface area contributed by atoms with E-state index < -0.39 is 0 Å². The number of anilines is 1. The van der Waals surface area contributed by atoms with E-state index in [0.717, 1.165) is 22.0 Å². The highest BCUT2D eigenvalue weighted by Gasteiger charge is 2.20. The van der Waals surface area contributed by atoms with E-state index in [1.807, 2.05) is 63.6 Å². The number of amides is 1. The fourth-order valence-corrected chi connectivity index (χ4v) is 3.95. The number of nitrogens with one attached hydrogen (secondary N) is 1. The van der Waals surface area contributed by atoms with E-state index in [1.54, 1.807) is 0 Å². The zero-order valence-corrected chi connectivity index (χ0v) is 17.0. The second-order valence-electron chi connectivity index (χ2n) is 6.14. The molecule has 26 heavy (non-hydrogen) atoms. The van der Waals surface area contributed by atoms with Crippen LogP contribution in [0.5, 0.6) is 0 Å². The van der Waals surface area contributed by atoms with Crippen molar-refractivity contribution < 1.29 is 4.79 Å². The van der Waals surface area contributed by atoms with E-state index in [1.165, 1.54) is 28.7 Å². The van der Waals surface area contributed by atoms with Crippen LogP contribution >= 0.6 is 23.1 Å². The summed E-state index contributed by atoms with van der Waals surface area (Å²) in [4.78, 5) is 17.9. The van der Waals surface area contributed by atoms with Crippen molar-refractivity contribution in [2.45, 2.75) is 38.1 Å². The SMILES string of the molecule is Cc1ccc(-c2nnc(S[C@@H](C)C(=O)Nc3nc(C)c(C)s3)n2C)cc1. The molecule has 0 saturated heterocycles. The maximum absolute atomic E-state index is 12.4. The lowest BCUT2D eigenvalue weighted by Gasteiger charge is -2.10. The summed E-state index contributed by atoms with van der Waals surface area (Å²) in [6.45, 7) is 7.83. The van der Waals surface area contributed by atoms with Crippen molar-refractivity contribution in [3.63, 3.8) is 0 Å². The molecule has 8 heteroatoms. The molecule has 3 aromatic rings. The largest absolute Gasteiger partial charge is 0.305 e. The third-order valence-electron chi connectivity index (χ3n) is 4.05. The molecule has 0 fully saturated rings. The molecule has 3 rings (SSSR count). The summed E-state index contributed by atoms with van der Waals surface area (Å²) >= 11 is 2.87. The van der Waals surface area contributed by atoms with Crippen LogP contribution in [0.4, 0.5) is 5.13 Å². The second kappa shape index (κ2) is 7.59. The number of carbonyl (C=O) groups excluding carboxylic acids is 1. The Hall–Kier alpha value is -2.19. The van der Waals surface area contributed by atoms with Gasteiger partial charge < -0.3 is 9.88 Å². The third kappa shape index (κ3) is 3.96. The van der Waals surface area contributed by atoms with Crippen molar-refractivity contribution in [3.8, 4) is 11.4 Å². The van der Waals surface area contributed by atoms with Gasteiger partial charge in [0.1, 0.15) is 0 Å². The molecule has 1 amide bonds. The first-order valence-corrected chi connectivity index (χ1v) is 9.92. The standard InChI is InChI=1S/C18H21N5OS2/c1-10-6-8-14(9-7-10)15-21-22-18(23(15)5)26-13(4)16(24)20-17-19-11(2)12(3)25-17/h6-9,13H,1-5H3,(H,19,20,24)/t13-/m0/s1. The van der Waals surface area contributed by atoms with E-state index in [-0.39, 0.29) is 11.2 Å². The second-order valence-corrected chi connectivity index (χ2v) is 8.65. The van der Waals surface area contributed by atoms with Gasteiger partial charge in [0.2, 0.25) is 5.91 Å². The van der Waals surface area contributed by atoms with Gasteiger partial charge in [-0.1, -0.05) is 41.6 Å². The van der Waals surface area contributed by atoms with E-state index in [4.69, 9.17) is 0 Å². The van der Waals surface area contributed by atoms with Crippen LogP contribution in [0.2, 0.25) is 0 Å². The van der Waals surface area contributed by atoms with Crippen LogP contribution in [-0.2, 0) is 11.8 Å². The number of carbonyl (C=O) groups is 1. The third-order valence-corrected chi connectivity index (χ3v) is 6.18. The molecule has 0 aliphatic heterocycles. The van der Waals surface area contributed by atoms with Gasteiger partial charge in [0.25, 0.3) is 0 Å². The smallest absolute Gasteiger partial charge is 0.239 e. The van der Waals surface area contributed by atoms with Gasteiger partial charge in [-0.3, -0.25) is 4.79 Å². The number of thiazole rings is 1. The highest BCUT2D eigenvalue weighted by Crippen LogP contribution is 2.27. The van der Waals surface area contributed by atoms with Crippen molar-refractivity contribution >= 4 is 34.1 Å². The van der Waals surface area contributed by atoms with Gasteiger partial charge in [-0.05, 0) is 27.7 Å². The molecule has 2 aromatic heterocycles. The van der Waals surface area contributed by atoms with Gasteiger partial charge in [-0.15, -0.1) is 21.5 Å². The van der Waals surface area contributed by atoms with Gasteiger partial charge in [0.05, 0.1) is 10.9 Å². The Morgan fingerprint density at radius 1 is 1.19 bits per heavy atom. The molecule has 136 valence electrons. The predicted octanol–water partition coefficient (Wildman–Crippen LogP) is 3.98. The van der Waals surface area contributed by atoms with Crippen molar-refractivity contribution in [2.75, 3.05) is 5.32 Å². The lowest BCUT2D eigenvalue weighted by molar-refractivity contribution is -0.115. The maximum atomic E-state index is 12.4. The number of hydrogen-bond acceptors (Lipinski definition) is 6. The highest BCUT2D eigenvalue weighted by molar-refractivity contribution is 8.00. The van der Waals surface area contributed by atoms with Crippen LogP contribution in [0.15, 0.2) is 29.4 Å². The summed E-state index contributed by atoms with van der Waals surface area (Å²) in [6.07, 6.45) is 0. The predicted molar refractivity (Wildman–Crippen MR) is 107 cm³/mol. The first-order chi connectivity index (χ1) is 12.3. The van der Waals surface area contributed by atoms with Gasteiger partial charge in [-0.2, -0.15) is 0 Å². The minimum Gasteiger partial charge on any atom is -0.305 e. The van der Waals surface area contributed by atoms with E-state index in [2.05, 4.69) is 20.5 Å². The number of benzene rings is 1. The molecule has 0 unspecified atom stereocenters. The lowest BCUT2D eigenvalue weighted by Crippen LogP contribution is -2.22. The Kier molecular flexibility index (Phi) is 5.43. The molecule has 0 spiro atoms. The van der Waals surface area contributed by atoms with Crippen LogP contribution in [0.1, 0.15) is 23.1 Å². The molecule has 0 aliphatic carbocycles. The van der Waals surface area contributed by atoms with Crippen molar-refractivity contribution in [2.24, 2.45) is 7.05 Å². The van der Waals surface area contributed by atoms with E-state index >= 15 is 0 Å². The molecule has 0 radical (unpaired) electrons. The molecular weight excluding hydrogens is 366 g/mol. The Labute approximate surface area is 161 Å². The summed E-state index contributed by atoms with van der Waals surface area (Å²) in [7, 11) is 1.91. The van der Waals surface area contributed by atoms with Crippen LogP contribution in [0, 0.1) is 20.8 Å². The number of aromatic nitrogens is 4. The molecule has 0 saturated carbocycles. The molecule has 1 aromatic carbocycles. The van der Waals surface area contributed by atoms with Crippen LogP contribution in [-0.4, -0.2) is 30.9 Å². The summed E-state index contributed by atoms with van der Waals surface area (Å²) in [6, 6.07) is 8.14. The van der Waals surface area contributed by atoms with Gasteiger partial charge in [0, 0.05) is 17.5 Å². The maximum Gasteiger partial charge on any atom is 0.239 e. The average Bonchev–Trinajstić information content (AvgIpc) is 3.11. The Bertz CT molecular complexity index is 910. The normalized spacial score (nSPS) is 12.2. The van der Waals surface area contributed by atoms with E-state index in [0.29, 0.717) is 10.3 Å². The van der Waals surface area contributed by atoms with Gasteiger partial charge in [0.15, 0.2) is 16.1 Å². The van der Waals surface area contributed by atoms with Crippen molar-refractivity contribution in [1.82, 2.24) is 19.7 Å². The number of aryl methyl sites for hydroxylation is 3. The van der Waals surface area contributed by atoms with Gasteiger partial charge in [-0.25, -0.2) is 4.98 Å². The number of thioether (sulfide) groups is 1. The molecule has 2 heterocycles. The first-order valence-electron chi connectivity index (χ1n) is 8.23. The minimum absolute atomic E-state index is 0.0939. The lowest BCUT2D eigenvalue weighted by atomic mass is 10.1. The monoisotopic (exact) mass is 387 g/mol. The Morgan fingerprint density at radius 3 is 2.50 bits per heavy atom. The highest BCUT2D eigenvalue weighted by atomic mass is 32.2. The topological polar surface area (TPSA) is 72.7 Å². The average molecular weight is 388 g/mol. The summed E-state index contributed by atoms with van der Waals surface area (Å²) in [5, 5.41) is 12.4. The van der Waals surface area contributed by atoms with Crippen LogP contribution in [0.25, 0.3) is 11.4 Å². The van der Waals surface area contributed by atoms with Gasteiger partial charge >= 0.3 is 0 Å². The Morgan fingerprint density at radius 2 is 1.88 bits per heavy atom. The number of nitrogens with zero attached hydrogens (tertiary/aromatic N) is 4. The molecule has 1 N–H and O–H groups in total. The summed E-state index contributed by atoms with van der Waals surface area (Å²) in [5.74, 6) is 0.690.